The monoisotopic (exact) mass is 266 g/mol. The first-order chi connectivity index (χ1) is 7.29. The fraction of sp³-hybridized carbons (Fsp3) is 0.500. The second-order valence-electron chi connectivity index (χ2n) is 3.40. The predicted molar refractivity (Wildman–Crippen MR) is 57.1 cm³/mol. The largest absolute Gasteiger partial charge is 0.464 e. The highest BCUT2D eigenvalue weighted by molar-refractivity contribution is 8.13. The SMILES string of the molecule is COC(=O)c1n[nH]c(C(C)C)c1S(=O)(=O)Cl. The average Bonchev–Trinajstić information content (AvgIpc) is 2.59. The molecule has 1 aromatic heterocycles. The Morgan fingerprint density at radius 1 is 1.50 bits per heavy atom. The Balaban J connectivity index is 3.49. The number of carbonyl (C=O) groups excluding carboxylic acids is 1. The summed E-state index contributed by atoms with van der Waals surface area (Å²) in [7, 11) is 2.35. The molecule has 1 N–H and O–H groups in total. The van der Waals surface area contributed by atoms with Crippen molar-refractivity contribution in [1.29, 1.82) is 0 Å². The Bertz CT molecular complexity index is 506. The maximum atomic E-state index is 11.4. The van der Waals surface area contributed by atoms with E-state index < -0.39 is 15.0 Å². The number of esters is 1. The summed E-state index contributed by atoms with van der Waals surface area (Å²) in [4.78, 5) is 11.0. The van der Waals surface area contributed by atoms with Gasteiger partial charge in [0, 0.05) is 10.7 Å². The summed E-state index contributed by atoms with van der Waals surface area (Å²) in [5.74, 6) is -1.00. The second-order valence-corrected chi connectivity index (χ2v) is 5.90. The molecule has 0 fully saturated rings. The van der Waals surface area contributed by atoms with E-state index in [1.807, 2.05) is 0 Å². The number of H-pyrrole nitrogens is 1. The minimum Gasteiger partial charge on any atom is -0.464 e. The Labute approximate surface area is 97.4 Å². The third kappa shape index (κ3) is 2.35. The molecule has 6 nitrogen and oxygen atoms in total. The smallest absolute Gasteiger partial charge is 0.359 e. The van der Waals surface area contributed by atoms with E-state index in [0.717, 1.165) is 7.11 Å². The Kier molecular flexibility index (Phi) is 3.59. The van der Waals surface area contributed by atoms with Gasteiger partial charge in [-0.25, -0.2) is 13.2 Å². The van der Waals surface area contributed by atoms with Crippen LogP contribution in [-0.2, 0) is 13.8 Å². The number of nitrogens with one attached hydrogen (secondary N) is 1. The van der Waals surface area contributed by atoms with Gasteiger partial charge in [-0.05, 0) is 5.92 Å². The summed E-state index contributed by atoms with van der Waals surface area (Å²) in [6, 6.07) is 0. The number of methoxy groups -OCH3 is 1. The van der Waals surface area contributed by atoms with Gasteiger partial charge in [0.2, 0.25) is 0 Å². The van der Waals surface area contributed by atoms with Crippen molar-refractivity contribution in [1.82, 2.24) is 10.2 Å². The number of rotatable bonds is 3. The molecule has 16 heavy (non-hydrogen) atoms. The molecule has 0 saturated heterocycles. The fourth-order valence-corrected chi connectivity index (χ4v) is 2.59. The zero-order chi connectivity index (χ0) is 12.5. The third-order valence-electron chi connectivity index (χ3n) is 1.95. The molecule has 90 valence electrons. The molecular formula is C8H11ClN2O4S. The van der Waals surface area contributed by atoms with Gasteiger partial charge in [-0.3, -0.25) is 5.10 Å². The highest BCUT2D eigenvalue weighted by Crippen LogP contribution is 2.27. The van der Waals surface area contributed by atoms with Gasteiger partial charge < -0.3 is 4.74 Å². The molecule has 0 unspecified atom stereocenters. The topological polar surface area (TPSA) is 89.1 Å². The lowest BCUT2D eigenvalue weighted by molar-refractivity contribution is 0.0589. The van der Waals surface area contributed by atoms with Crippen LogP contribution in [0.3, 0.4) is 0 Å². The van der Waals surface area contributed by atoms with E-state index in [1.165, 1.54) is 0 Å². The molecule has 0 amide bonds. The van der Waals surface area contributed by atoms with E-state index in [0.29, 0.717) is 0 Å². The molecule has 1 rings (SSSR count). The van der Waals surface area contributed by atoms with E-state index >= 15 is 0 Å². The van der Waals surface area contributed by atoms with E-state index in [2.05, 4.69) is 14.9 Å². The first-order valence-corrected chi connectivity index (χ1v) is 6.71. The van der Waals surface area contributed by atoms with Crippen LogP contribution in [-0.4, -0.2) is 31.7 Å². The van der Waals surface area contributed by atoms with Crippen molar-refractivity contribution >= 4 is 25.7 Å². The quantitative estimate of drug-likeness (QED) is 0.657. The Morgan fingerprint density at radius 2 is 2.06 bits per heavy atom. The van der Waals surface area contributed by atoms with Gasteiger partial charge in [-0.2, -0.15) is 5.10 Å². The van der Waals surface area contributed by atoms with E-state index in [9.17, 15) is 13.2 Å². The summed E-state index contributed by atoms with van der Waals surface area (Å²) >= 11 is 0. The number of hydrogen-bond acceptors (Lipinski definition) is 5. The Morgan fingerprint density at radius 3 is 2.44 bits per heavy atom. The van der Waals surface area contributed by atoms with Gasteiger partial charge in [0.15, 0.2) is 5.69 Å². The summed E-state index contributed by atoms with van der Waals surface area (Å²) in [6.45, 7) is 3.50. The van der Waals surface area contributed by atoms with Crippen molar-refractivity contribution in [2.24, 2.45) is 0 Å². The summed E-state index contributed by atoms with van der Waals surface area (Å²) in [6.07, 6.45) is 0. The summed E-state index contributed by atoms with van der Waals surface area (Å²) in [5, 5.41) is 6.09. The minimum atomic E-state index is -4.04. The van der Waals surface area contributed by atoms with Crippen molar-refractivity contribution in [2.45, 2.75) is 24.7 Å². The highest BCUT2D eigenvalue weighted by atomic mass is 35.7. The number of aromatic amines is 1. The molecular weight excluding hydrogens is 256 g/mol. The molecule has 0 saturated carbocycles. The van der Waals surface area contributed by atoms with Crippen molar-refractivity contribution in [3.05, 3.63) is 11.4 Å². The van der Waals surface area contributed by atoms with Crippen molar-refractivity contribution < 1.29 is 17.9 Å². The van der Waals surface area contributed by atoms with Crippen LogP contribution in [0.15, 0.2) is 4.90 Å². The molecule has 0 bridgehead atoms. The van der Waals surface area contributed by atoms with Crippen LogP contribution in [0.2, 0.25) is 0 Å². The molecule has 0 aromatic carbocycles. The number of halogens is 1. The van der Waals surface area contributed by atoms with Gasteiger partial charge >= 0.3 is 5.97 Å². The van der Waals surface area contributed by atoms with Crippen LogP contribution in [0.4, 0.5) is 0 Å². The molecule has 8 heteroatoms. The van der Waals surface area contributed by atoms with Crippen LogP contribution in [0, 0.1) is 0 Å². The zero-order valence-electron chi connectivity index (χ0n) is 8.94. The summed E-state index contributed by atoms with van der Waals surface area (Å²) < 4.78 is 27.1. The van der Waals surface area contributed by atoms with Crippen LogP contribution in [0.25, 0.3) is 0 Å². The lowest BCUT2D eigenvalue weighted by Crippen LogP contribution is -2.08. The second kappa shape index (κ2) is 4.42. The van der Waals surface area contributed by atoms with Gasteiger partial charge in [0.1, 0.15) is 4.90 Å². The van der Waals surface area contributed by atoms with Gasteiger partial charge in [-0.15, -0.1) is 0 Å². The Hall–Kier alpha value is -1.08. The molecule has 0 radical (unpaired) electrons. The molecule has 0 aliphatic rings. The number of carbonyl (C=O) groups is 1. The fourth-order valence-electron chi connectivity index (χ4n) is 1.22. The maximum absolute atomic E-state index is 11.4. The number of aromatic nitrogens is 2. The standard InChI is InChI=1S/C8H11ClN2O4S/c1-4(2)5-7(16(9,13)14)6(11-10-5)8(12)15-3/h4H,1-3H3,(H,10,11). The third-order valence-corrected chi connectivity index (χ3v) is 3.31. The summed E-state index contributed by atoms with van der Waals surface area (Å²) in [5.41, 5.74) is -0.0309. The highest BCUT2D eigenvalue weighted by Gasteiger charge is 2.30. The van der Waals surface area contributed by atoms with Crippen LogP contribution < -0.4 is 0 Å². The molecule has 0 aliphatic heterocycles. The van der Waals surface area contributed by atoms with Crippen molar-refractivity contribution in [3.8, 4) is 0 Å². The van der Waals surface area contributed by atoms with E-state index in [4.69, 9.17) is 10.7 Å². The van der Waals surface area contributed by atoms with Gasteiger partial charge in [-0.1, -0.05) is 13.8 Å². The zero-order valence-corrected chi connectivity index (χ0v) is 10.5. The van der Waals surface area contributed by atoms with Gasteiger partial charge in [0.05, 0.1) is 12.8 Å². The van der Waals surface area contributed by atoms with Crippen molar-refractivity contribution in [2.75, 3.05) is 7.11 Å². The maximum Gasteiger partial charge on any atom is 0.359 e. The van der Waals surface area contributed by atoms with Crippen molar-refractivity contribution in [3.63, 3.8) is 0 Å². The first kappa shape index (κ1) is 13.0. The molecule has 1 aromatic rings. The molecule has 0 aliphatic carbocycles. The lowest BCUT2D eigenvalue weighted by atomic mass is 10.1. The van der Waals surface area contributed by atoms with E-state index in [-0.39, 0.29) is 22.2 Å². The lowest BCUT2D eigenvalue weighted by Gasteiger charge is -2.03. The minimum absolute atomic E-state index is 0.158. The molecule has 1 heterocycles. The number of hydrogen-bond donors (Lipinski definition) is 1. The molecule has 0 atom stereocenters. The first-order valence-electron chi connectivity index (χ1n) is 4.40. The predicted octanol–water partition coefficient (Wildman–Crippen LogP) is 1.25. The number of nitrogens with zero attached hydrogens (tertiary/aromatic N) is 1. The van der Waals surface area contributed by atoms with Crippen LogP contribution in [0.1, 0.15) is 35.9 Å². The van der Waals surface area contributed by atoms with Crippen LogP contribution in [0.5, 0.6) is 0 Å². The van der Waals surface area contributed by atoms with Gasteiger partial charge in [0.25, 0.3) is 9.05 Å². The van der Waals surface area contributed by atoms with E-state index in [1.54, 1.807) is 13.8 Å². The van der Waals surface area contributed by atoms with Crippen LogP contribution >= 0.6 is 10.7 Å². The molecule has 0 spiro atoms. The number of ether oxygens (including phenoxy) is 1. The average molecular weight is 267 g/mol. The normalized spacial score (nSPS) is 11.8.